The number of hydrazine groups is 1. The molecule has 0 aliphatic heterocycles. The van der Waals surface area contributed by atoms with Crippen LogP contribution in [0.4, 0.5) is 0 Å². The fraction of sp³-hybridized carbons (Fsp3) is 0.545. The van der Waals surface area contributed by atoms with E-state index in [1.807, 2.05) is 50.3 Å². The summed E-state index contributed by atoms with van der Waals surface area (Å²) in [5.41, 5.74) is 4.95. The number of carbonyl (C=O) groups is 2. The monoisotopic (exact) mass is 469 g/mol. The Bertz CT molecular complexity index is 858. The Morgan fingerprint density at radius 1 is 1.09 bits per heavy atom. The first-order valence-electron chi connectivity index (χ1n) is 10.5. The predicted molar refractivity (Wildman–Crippen MR) is 122 cm³/mol. The second-order valence-electron chi connectivity index (χ2n) is 8.43. The number of aliphatic hydroxyl groups is 1. The number of sulfonamides is 1. The number of allylic oxidation sites excluding steroid dienone is 1. The van der Waals surface area contributed by atoms with Gasteiger partial charge in [-0.15, -0.1) is 4.41 Å². The number of aliphatic hydroxyl groups excluding tert-OH is 1. The second kappa shape index (κ2) is 13.3. The SMILES string of the molecule is CC(C)C[C@@H](C(=O)NN(C[C@H](C)CO)S(C)(=O)=O)[C@H](C/C=C/c1ccccc1)C(=O)NO. The molecule has 0 bridgehead atoms. The third-order valence-electron chi connectivity index (χ3n) is 4.92. The van der Waals surface area contributed by atoms with Crippen LogP contribution in [0, 0.1) is 23.7 Å². The second-order valence-corrected chi connectivity index (χ2v) is 10.3. The highest BCUT2D eigenvalue weighted by molar-refractivity contribution is 7.88. The molecule has 0 aliphatic carbocycles. The molecule has 10 heteroatoms. The predicted octanol–water partition coefficient (Wildman–Crippen LogP) is 1.79. The van der Waals surface area contributed by atoms with Gasteiger partial charge in [-0.2, -0.15) is 0 Å². The lowest BCUT2D eigenvalue weighted by atomic mass is 9.82. The summed E-state index contributed by atoms with van der Waals surface area (Å²) < 4.78 is 25.1. The zero-order valence-electron chi connectivity index (χ0n) is 19.1. The van der Waals surface area contributed by atoms with Gasteiger partial charge in [-0.1, -0.05) is 63.3 Å². The van der Waals surface area contributed by atoms with E-state index in [0.717, 1.165) is 16.2 Å². The first-order chi connectivity index (χ1) is 15.0. The van der Waals surface area contributed by atoms with Crippen LogP contribution in [0.1, 0.15) is 39.2 Å². The highest BCUT2D eigenvalue weighted by atomic mass is 32.2. The van der Waals surface area contributed by atoms with Gasteiger partial charge < -0.3 is 5.11 Å². The summed E-state index contributed by atoms with van der Waals surface area (Å²) in [5.74, 6) is -3.55. The largest absolute Gasteiger partial charge is 0.396 e. The summed E-state index contributed by atoms with van der Waals surface area (Å²) >= 11 is 0. The highest BCUT2D eigenvalue weighted by Gasteiger charge is 2.35. The summed E-state index contributed by atoms with van der Waals surface area (Å²) in [6, 6.07) is 9.41. The molecule has 1 aromatic carbocycles. The van der Waals surface area contributed by atoms with Crippen molar-refractivity contribution in [2.24, 2.45) is 23.7 Å². The van der Waals surface area contributed by atoms with Crippen LogP contribution in [0.3, 0.4) is 0 Å². The van der Waals surface area contributed by atoms with E-state index in [1.165, 1.54) is 0 Å². The van der Waals surface area contributed by atoms with Crippen LogP contribution in [-0.4, -0.2) is 54.4 Å². The Hall–Kier alpha value is -2.27. The summed E-state index contributed by atoms with van der Waals surface area (Å²) in [4.78, 5) is 25.6. The van der Waals surface area contributed by atoms with E-state index in [-0.39, 0.29) is 25.5 Å². The van der Waals surface area contributed by atoms with Crippen molar-refractivity contribution in [3.05, 3.63) is 42.0 Å². The minimum atomic E-state index is -3.81. The maximum absolute atomic E-state index is 13.1. The standard InChI is InChI=1S/C22H35N3O6S/c1-16(2)13-20(21(27)23-25(32(4,30)31)14-17(3)15-26)19(22(28)24-29)12-8-11-18-9-6-5-7-10-18/h5-11,16-17,19-20,26,29H,12-15H2,1-4H3,(H,23,27)(H,24,28)/b11-8+/t17-,19-,20+/m0/s1. The maximum atomic E-state index is 13.1. The van der Waals surface area contributed by atoms with E-state index in [4.69, 9.17) is 0 Å². The van der Waals surface area contributed by atoms with Gasteiger partial charge in [0.25, 0.3) is 0 Å². The molecule has 180 valence electrons. The van der Waals surface area contributed by atoms with Crippen molar-refractivity contribution in [1.29, 1.82) is 0 Å². The minimum Gasteiger partial charge on any atom is -0.396 e. The van der Waals surface area contributed by atoms with Gasteiger partial charge in [-0.25, -0.2) is 13.9 Å². The van der Waals surface area contributed by atoms with Crippen LogP contribution >= 0.6 is 0 Å². The van der Waals surface area contributed by atoms with E-state index < -0.39 is 39.6 Å². The average Bonchev–Trinajstić information content (AvgIpc) is 2.74. The van der Waals surface area contributed by atoms with Gasteiger partial charge in [0, 0.05) is 13.2 Å². The van der Waals surface area contributed by atoms with Crippen molar-refractivity contribution in [3.63, 3.8) is 0 Å². The van der Waals surface area contributed by atoms with E-state index in [0.29, 0.717) is 6.42 Å². The Morgan fingerprint density at radius 3 is 2.22 bits per heavy atom. The highest BCUT2D eigenvalue weighted by Crippen LogP contribution is 2.26. The number of hydroxylamine groups is 1. The normalized spacial score (nSPS) is 15.0. The number of hydrogen-bond donors (Lipinski definition) is 4. The van der Waals surface area contributed by atoms with Gasteiger partial charge in [0.1, 0.15) is 0 Å². The molecule has 4 N–H and O–H groups in total. The molecular formula is C22H35N3O6S. The molecule has 0 aliphatic rings. The topological polar surface area (TPSA) is 136 Å². The molecule has 1 aromatic rings. The smallest absolute Gasteiger partial charge is 0.247 e. The number of carbonyl (C=O) groups excluding carboxylic acids is 2. The number of hydrogen-bond acceptors (Lipinski definition) is 6. The van der Waals surface area contributed by atoms with Crippen LogP contribution in [0.5, 0.6) is 0 Å². The average molecular weight is 470 g/mol. The minimum absolute atomic E-state index is 0.0286. The molecular weight excluding hydrogens is 434 g/mol. The van der Waals surface area contributed by atoms with Gasteiger partial charge >= 0.3 is 0 Å². The number of rotatable bonds is 13. The lowest BCUT2D eigenvalue weighted by molar-refractivity contribution is -0.142. The van der Waals surface area contributed by atoms with Crippen molar-refractivity contribution in [3.8, 4) is 0 Å². The zero-order valence-corrected chi connectivity index (χ0v) is 19.9. The van der Waals surface area contributed by atoms with Crippen molar-refractivity contribution in [2.45, 2.75) is 33.6 Å². The Balaban J connectivity index is 3.15. The fourth-order valence-corrected chi connectivity index (χ4v) is 4.01. The van der Waals surface area contributed by atoms with Crippen LogP contribution < -0.4 is 10.9 Å². The summed E-state index contributed by atoms with van der Waals surface area (Å²) in [6.07, 6.45) is 4.98. The van der Waals surface area contributed by atoms with E-state index in [2.05, 4.69) is 5.43 Å². The van der Waals surface area contributed by atoms with Crippen molar-refractivity contribution >= 4 is 27.9 Å². The van der Waals surface area contributed by atoms with E-state index in [1.54, 1.807) is 18.5 Å². The van der Waals surface area contributed by atoms with E-state index >= 15 is 0 Å². The van der Waals surface area contributed by atoms with Crippen LogP contribution in [-0.2, 0) is 19.6 Å². The molecule has 3 atom stereocenters. The molecule has 32 heavy (non-hydrogen) atoms. The van der Waals surface area contributed by atoms with Crippen LogP contribution in [0.25, 0.3) is 6.08 Å². The maximum Gasteiger partial charge on any atom is 0.247 e. The summed E-state index contributed by atoms with van der Waals surface area (Å²) in [5, 5.41) is 18.5. The molecule has 0 fully saturated rings. The van der Waals surface area contributed by atoms with Gasteiger partial charge in [0.15, 0.2) is 0 Å². The van der Waals surface area contributed by atoms with E-state index in [9.17, 15) is 28.3 Å². The fourth-order valence-electron chi connectivity index (χ4n) is 3.22. The number of amides is 2. The van der Waals surface area contributed by atoms with Crippen molar-refractivity contribution in [1.82, 2.24) is 15.3 Å². The third kappa shape index (κ3) is 9.47. The van der Waals surface area contributed by atoms with Gasteiger partial charge in [0.05, 0.1) is 18.1 Å². The lowest BCUT2D eigenvalue weighted by Gasteiger charge is -2.29. The Labute approximate surface area is 190 Å². The third-order valence-corrected chi connectivity index (χ3v) is 5.96. The molecule has 0 radical (unpaired) electrons. The number of benzene rings is 1. The molecule has 2 amide bonds. The van der Waals surface area contributed by atoms with Gasteiger partial charge in [-0.05, 0) is 30.2 Å². The van der Waals surface area contributed by atoms with Crippen molar-refractivity contribution < 1.29 is 28.3 Å². The molecule has 0 heterocycles. The van der Waals surface area contributed by atoms with Crippen molar-refractivity contribution in [2.75, 3.05) is 19.4 Å². The first-order valence-corrected chi connectivity index (χ1v) is 12.4. The Kier molecular flexibility index (Phi) is 11.6. The summed E-state index contributed by atoms with van der Waals surface area (Å²) in [7, 11) is -3.81. The van der Waals surface area contributed by atoms with Crippen LogP contribution in [0.15, 0.2) is 36.4 Å². The molecule has 0 unspecified atom stereocenters. The molecule has 9 nitrogen and oxygen atoms in total. The summed E-state index contributed by atoms with van der Waals surface area (Å²) in [6.45, 7) is 5.05. The van der Waals surface area contributed by atoms with Gasteiger partial charge in [0.2, 0.25) is 21.8 Å². The molecule has 0 saturated heterocycles. The number of nitrogens with zero attached hydrogens (tertiary/aromatic N) is 1. The first kappa shape index (κ1) is 27.8. The Morgan fingerprint density at radius 2 is 1.72 bits per heavy atom. The number of nitrogens with one attached hydrogen (secondary N) is 2. The zero-order chi connectivity index (χ0) is 24.3. The lowest BCUT2D eigenvalue weighted by Crippen LogP contribution is -2.52. The quantitative estimate of drug-likeness (QED) is 0.257. The molecule has 0 saturated carbocycles. The van der Waals surface area contributed by atoms with Gasteiger partial charge in [-0.3, -0.25) is 20.2 Å². The molecule has 0 spiro atoms. The molecule has 0 aromatic heterocycles. The van der Waals surface area contributed by atoms with Crippen LogP contribution in [0.2, 0.25) is 0 Å². The molecule has 1 rings (SSSR count).